The van der Waals surface area contributed by atoms with Crippen LogP contribution in [0.25, 0.3) is 22.3 Å². The van der Waals surface area contributed by atoms with Crippen molar-refractivity contribution in [3.05, 3.63) is 79.1 Å². The highest BCUT2D eigenvalue weighted by atomic mass is 16.6. The van der Waals surface area contributed by atoms with Crippen molar-refractivity contribution in [3.8, 4) is 28.6 Å². The van der Waals surface area contributed by atoms with Crippen LogP contribution in [0.2, 0.25) is 0 Å². The van der Waals surface area contributed by atoms with Crippen LogP contribution in [0.15, 0.2) is 29.1 Å². The van der Waals surface area contributed by atoms with Gasteiger partial charge in [0.1, 0.15) is 29.5 Å². The minimum absolute atomic E-state index is 0.0599. The Morgan fingerprint density at radius 2 is 1.52 bits per heavy atom. The van der Waals surface area contributed by atoms with Gasteiger partial charge in [0.25, 0.3) is 5.56 Å². The molecule has 0 saturated carbocycles. The zero-order chi connectivity index (χ0) is 47.7. The predicted molar refractivity (Wildman–Crippen MR) is 257 cm³/mol. The Labute approximate surface area is 391 Å². The number of aryl methyl sites for hydroxylation is 1. The molecule has 4 atom stereocenters. The molecule has 0 amide bonds. The van der Waals surface area contributed by atoms with E-state index >= 15 is 0 Å². The molecule has 1 N–H and O–H groups in total. The summed E-state index contributed by atoms with van der Waals surface area (Å²) in [6.45, 7) is 21.4. The van der Waals surface area contributed by atoms with Crippen molar-refractivity contribution in [2.45, 2.75) is 190 Å². The molecule has 0 bridgehead atoms. The van der Waals surface area contributed by atoms with Crippen LogP contribution in [0, 0.1) is 38.5 Å². The maximum atomic E-state index is 13.7. The maximum Gasteiger partial charge on any atom is 0.343 e. The lowest BCUT2D eigenvalue weighted by Gasteiger charge is -2.38. The van der Waals surface area contributed by atoms with Gasteiger partial charge in [-0.25, -0.2) is 9.78 Å². The number of pyridine rings is 2. The Balaban J connectivity index is 0.939. The molecule has 66 heavy (non-hydrogen) atoms. The normalized spacial score (nSPS) is 19.4. The lowest BCUT2D eigenvalue weighted by molar-refractivity contribution is -0.172. The largest absolute Gasteiger partial charge is 0.487 e. The van der Waals surface area contributed by atoms with Gasteiger partial charge in [0, 0.05) is 22.1 Å². The zero-order valence-corrected chi connectivity index (χ0v) is 41.2. The Hall–Kier alpha value is -5.03. The Morgan fingerprint density at radius 3 is 2.18 bits per heavy atom. The van der Waals surface area contributed by atoms with E-state index < -0.39 is 23.5 Å². The van der Waals surface area contributed by atoms with Crippen molar-refractivity contribution in [2.75, 3.05) is 0 Å². The van der Waals surface area contributed by atoms with Crippen molar-refractivity contribution in [1.29, 1.82) is 0 Å². The van der Waals surface area contributed by atoms with Crippen molar-refractivity contribution in [2.24, 2.45) is 17.8 Å². The molecule has 2 aromatic carbocycles. The van der Waals surface area contributed by atoms with Gasteiger partial charge in [0.05, 0.1) is 41.9 Å². The number of benzene rings is 2. The quantitative estimate of drug-likeness (QED) is 0.0628. The average molecular weight is 905 g/mol. The molecule has 3 aliphatic rings. The van der Waals surface area contributed by atoms with Gasteiger partial charge in [-0.15, -0.1) is 0 Å². The van der Waals surface area contributed by atoms with Crippen LogP contribution >= 0.6 is 0 Å². The van der Waals surface area contributed by atoms with Gasteiger partial charge in [0.2, 0.25) is 0 Å². The summed E-state index contributed by atoms with van der Waals surface area (Å²) in [5, 5.41) is 12.0. The number of carbonyl (C=O) groups excluding carboxylic acids is 3. The molecule has 0 aliphatic carbocycles. The molecule has 2 aromatic heterocycles. The number of cyclic esters (lactones) is 1. The summed E-state index contributed by atoms with van der Waals surface area (Å²) in [5.41, 5.74) is 5.46. The highest BCUT2D eigenvalue weighted by Crippen LogP contribution is 2.46. The Bertz CT molecular complexity index is 2570. The van der Waals surface area contributed by atoms with Crippen LogP contribution in [0.4, 0.5) is 0 Å². The van der Waals surface area contributed by atoms with Gasteiger partial charge in [-0.2, -0.15) is 0 Å². The van der Waals surface area contributed by atoms with Crippen LogP contribution in [-0.4, -0.2) is 38.2 Å². The first-order chi connectivity index (χ1) is 31.4. The van der Waals surface area contributed by atoms with Crippen LogP contribution in [0.5, 0.6) is 17.2 Å². The van der Waals surface area contributed by atoms with Crippen LogP contribution < -0.4 is 19.8 Å². The molecule has 0 radical (unpaired) electrons. The third kappa shape index (κ3) is 9.97. The second-order valence-electron chi connectivity index (χ2n) is 20.4. The van der Waals surface area contributed by atoms with E-state index in [-0.39, 0.29) is 54.7 Å². The van der Waals surface area contributed by atoms with Gasteiger partial charge < -0.3 is 28.6 Å². The van der Waals surface area contributed by atoms with Crippen LogP contribution in [0.3, 0.4) is 0 Å². The molecular formula is C55H72N2O9. The van der Waals surface area contributed by atoms with Crippen molar-refractivity contribution < 1.29 is 38.4 Å². The number of aromatic nitrogens is 2. The summed E-state index contributed by atoms with van der Waals surface area (Å²) in [6.07, 6.45) is 13.4. The number of nitrogens with zero attached hydrogens (tertiary/aromatic N) is 2. The lowest BCUT2D eigenvalue weighted by Crippen LogP contribution is -2.44. The van der Waals surface area contributed by atoms with E-state index in [1.165, 1.54) is 44.9 Å². The van der Waals surface area contributed by atoms with E-state index in [0.29, 0.717) is 40.7 Å². The third-order valence-electron chi connectivity index (χ3n) is 14.9. The fourth-order valence-corrected chi connectivity index (χ4v) is 10.6. The molecule has 7 rings (SSSR count). The van der Waals surface area contributed by atoms with E-state index in [9.17, 15) is 24.3 Å². The van der Waals surface area contributed by atoms with E-state index in [1.807, 2.05) is 27.7 Å². The highest BCUT2D eigenvalue weighted by Gasteiger charge is 2.45. The van der Waals surface area contributed by atoms with Crippen molar-refractivity contribution in [1.82, 2.24) is 9.55 Å². The fourth-order valence-electron chi connectivity index (χ4n) is 10.6. The number of ether oxygens (including phenoxy) is 4. The second kappa shape index (κ2) is 20.1. The Kier molecular flexibility index (Phi) is 14.9. The molecule has 356 valence electrons. The molecule has 4 aromatic rings. The summed E-state index contributed by atoms with van der Waals surface area (Å²) in [6, 6.07) is 6.89. The molecule has 4 unspecified atom stereocenters. The monoisotopic (exact) mass is 905 g/mol. The number of carbonyl (C=O) groups is 3. The molecule has 5 heterocycles. The van der Waals surface area contributed by atoms with Gasteiger partial charge >= 0.3 is 17.9 Å². The van der Waals surface area contributed by atoms with Gasteiger partial charge in [-0.3, -0.25) is 14.4 Å². The van der Waals surface area contributed by atoms with Gasteiger partial charge in [-0.1, -0.05) is 86.5 Å². The smallest absolute Gasteiger partial charge is 0.343 e. The standard InChI is InChI=1S/C55H72N2O9/c1-11-39-41-28-38(21-22-45(41)56-49-42(39)30-57-46(49)29-44-43(52(57)60)31-63-53(61)55(44,62)12-2)64-47(58)23-24-48(59)65-50-35(7)36(8)51-40(37(50)9)25-27-54(10,66-51)26-15-20-34(6)19-14-18-33(5)17-13-16-32(3)4/h21-22,28-29,32-34,62H,11-20,23-27,30-31H2,1-10H3. The number of rotatable bonds is 19. The summed E-state index contributed by atoms with van der Waals surface area (Å²) >= 11 is 0. The lowest BCUT2D eigenvalue weighted by atomic mass is 9.83. The van der Waals surface area contributed by atoms with Crippen molar-refractivity contribution >= 4 is 28.8 Å². The molecule has 0 saturated heterocycles. The summed E-state index contributed by atoms with van der Waals surface area (Å²) in [4.78, 5) is 57.8. The van der Waals surface area contributed by atoms with E-state index in [0.717, 1.165) is 82.0 Å². The Morgan fingerprint density at radius 1 is 0.848 bits per heavy atom. The summed E-state index contributed by atoms with van der Waals surface area (Å²) < 4.78 is 25.4. The number of aliphatic hydroxyl groups is 1. The summed E-state index contributed by atoms with van der Waals surface area (Å²) in [5.74, 6) is 2.25. The van der Waals surface area contributed by atoms with E-state index in [2.05, 4.69) is 34.6 Å². The molecule has 0 fully saturated rings. The second-order valence-corrected chi connectivity index (χ2v) is 20.4. The van der Waals surface area contributed by atoms with Gasteiger partial charge in [-0.05, 0) is 130 Å². The first-order valence-corrected chi connectivity index (χ1v) is 24.7. The van der Waals surface area contributed by atoms with Crippen LogP contribution in [0.1, 0.15) is 176 Å². The molecule has 0 spiro atoms. The first kappa shape index (κ1) is 48.9. The molecular weight excluding hydrogens is 833 g/mol. The molecule has 11 nitrogen and oxygen atoms in total. The van der Waals surface area contributed by atoms with E-state index in [1.54, 1.807) is 35.8 Å². The highest BCUT2D eigenvalue weighted by molar-refractivity contribution is 5.90. The van der Waals surface area contributed by atoms with Crippen molar-refractivity contribution in [3.63, 3.8) is 0 Å². The maximum absolute atomic E-state index is 13.7. The predicted octanol–water partition coefficient (Wildman–Crippen LogP) is 11.4. The minimum atomic E-state index is -1.91. The number of hydrogen-bond donors (Lipinski definition) is 1. The topological polar surface area (TPSA) is 143 Å². The number of esters is 3. The van der Waals surface area contributed by atoms with Gasteiger partial charge in [0.15, 0.2) is 5.60 Å². The summed E-state index contributed by atoms with van der Waals surface area (Å²) in [7, 11) is 0. The fraction of sp³-hybridized carbons (Fsp3) is 0.582. The SMILES string of the molecule is CCc1c2c(nc3ccc(OC(=O)CCC(=O)Oc4c(C)c(C)c5c(c4C)CCC(C)(CCCC(C)CCCC(C)CCCC(C)C)O5)cc13)-c1cc3c(c(=O)n1C2)COC(=O)C3(O)CC. The zero-order valence-electron chi connectivity index (χ0n) is 41.2. The third-order valence-corrected chi connectivity index (χ3v) is 14.9. The molecule has 3 aliphatic heterocycles. The molecule has 11 heteroatoms. The average Bonchev–Trinajstić information content (AvgIpc) is 3.65. The van der Waals surface area contributed by atoms with E-state index in [4.69, 9.17) is 23.9 Å². The first-order valence-electron chi connectivity index (χ1n) is 24.7. The number of hydrogen-bond acceptors (Lipinski definition) is 10. The number of fused-ring (bicyclic) bond motifs is 6. The van der Waals surface area contributed by atoms with Crippen LogP contribution in [-0.2, 0) is 50.7 Å². The minimum Gasteiger partial charge on any atom is -0.487 e.